The van der Waals surface area contributed by atoms with Crippen LogP contribution in [0.1, 0.15) is 25.7 Å². The van der Waals surface area contributed by atoms with Crippen LogP contribution in [0, 0.1) is 0 Å². The fourth-order valence-corrected chi connectivity index (χ4v) is 4.09. The molecule has 2 N–H and O–H groups in total. The van der Waals surface area contributed by atoms with Crippen LogP contribution in [0.15, 0.2) is 12.1 Å². The predicted molar refractivity (Wildman–Crippen MR) is 95.9 cm³/mol. The van der Waals surface area contributed by atoms with Crippen molar-refractivity contribution in [1.82, 2.24) is 10.2 Å². The molecule has 3 rings (SSSR count). The van der Waals surface area contributed by atoms with Crippen LogP contribution in [0.4, 0.5) is 10.5 Å². The van der Waals surface area contributed by atoms with Crippen molar-refractivity contribution in [2.75, 3.05) is 46.3 Å². The van der Waals surface area contributed by atoms with Crippen molar-refractivity contribution in [2.45, 2.75) is 31.2 Å². The summed E-state index contributed by atoms with van der Waals surface area (Å²) in [4.78, 5) is 14.9. The Morgan fingerprint density at radius 3 is 2.20 bits per heavy atom. The van der Waals surface area contributed by atoms with E-state index in [9.17, 15) is 4.79 Å². The Balaban J connectivity index is 1.65. The predicted octanol–water partition coefficient (Wildman–Crippen LogP) is 2.46. The molecule has 2 aliphatic heterocycles. The Kier molecular flexibility index (Phi) is 5.22. The van der Waals surface area contributed by atoms with Gasteiger partial charge in [-0.25, -0.2) is 4.79 Å². The maximum atomic E-state index is 12.4. The van der Waals surface area contributed by atoms with Crippen molar-refractivity contribution in [3.63, 3.8) is 0 Å². The van der Waals surface area contributed by atoms with Crippen LogP contribution in [0.3, 0.4) is 0 Å². The van der Waals surface area contributed by atoms with Crippen LogP contribution in [0.5, 0.6) is 17.2 Å². The molecule has 1 aromatic rings. The summed E-state index contributed by atoms with van der Waals surface area (Å²) in [6.07, 6.45) is 4.77. The number of methoxy groups -OCH3 is 3. The van der Waals surface area contributed by atoms with Crippen LogP contribution in [-0.4, -0.2) is 57.4 Å². The van der Waals surface area contributed by atoms with E-state index in [2.05, 4.69) is 15.5 Å². The molecule has 0 saturated carbocycles. The van der Waals surface area contributed by atoms with Gasteiger partial charge < -0.3 is 24.8 Å². The standard InChI is InChI=1S/C18H27N3O4/c1-23-14-10-13(11-15(24-2)16(14)25-3)20-17(22)19-12-18-6-4-8-21(18)9-5-7-18/h10-11H,4-9,12H2,1-3H3,(H2,19,20,22). The molecule has 7 heteroatoms. The molecule has 1 aromatic carbocycles. The third-order valence-corrected chi connectivity index (χ3v) is 5.31. The first-order valence-electron chi connectivity index (χ1n) is 8.72. The summed E-state index contributed by atoms with van der Waals surface area (Å²) in [6, 6.07) is 3.22. The molecule has 0 aliphatic carbocycles. The molecular formula is C18H27N3O4. The monoisotopic (exact) mass is 349 g/mol. The number of ether oxygens (including phenoxy) is 3. The number of carbonyl (C=O) groups is 1. The number of hydrogen-bond acceptors (Lipinski definition) is 5. The molecule has 0 spiro atoms. The average Bonchev–Trinajstić information content (AvgIpc) is 3.19. The highest BCUT2D eigenvalue weighted by atomic mass is 16.5. The summed E-state index contributed by atoms with van der Waals surface area (Å²) < 4.78 is 15.9. The normalized spacial score (nSPS) is 18.5. The Morgan fingerprint density at radius 2 is 1.68 bits per heavy atom. The zero-order valence-corrected chi connectivity index (χ0v) is 15.2. The lowest BCUT2D eigenvalue weighted by Gasteiger charge is -2.32. The fourth-order valence-electron chi connectivity index (χ4n) is 4.09. The van der Waals surface area contributed by atoms with Gasteiger partial charge in [0, 0.05) is 24.2 Å². The third kappa shape index (κ3) is 3.46. The van der Waals surface area contributed by atoms with Crippen LogP contribution >= 0.6 is 0 Å². The van der Waals surface area contributed by atoms with Gasteiger partial charge in [-0.05, 0) is 38.8 Å². The Labute approximate surface area is 148 Å². The molecule has 138 valence electrons. The topological polar surface area (TPSA) is 72.1 Å². The molecule has 2 aliphatic rings. The second kappa shape index (κ2) is 7.39. The van der Waals surface area contributed by atoms with Gasteiger partial charge in [-0.1, -0.05) is 0 Å². The highest BCUT2D eigenvalue weighted by molar-refractivity contribution is 5.90. The lowest BCUT2D eigenvalue weighted by atomic mass is 9.94. The first-order valence-corrected chi connectivity index (χ1v) is 8.72. The summed E-state index contributed by atoms with van der Waals surface area (Å²) in [6.45, 7) is 2.98. The molecule has 2 saturated heterocycles. The van der Waals surface area contributed by atoms with E-state index in [0.717, 1.165) is 25.9 Å². The number of nitrogens with zero attached hydrogens (tertiary/aromatic N) is 1. The number of hydrogen-bond donors (Lipinski definition) is 2. The van der Waals surface area contributed by atoms with E-state index in [4.69, 9.17) is 14.2 Å². The number of fused-ring (bicyclic) bond motifs is 1. The van der Waals surface area contributed by atoms with E-state index in [1.54, 1.807) is 33.5 Å². The van der Waals surface area contributed by atoms with Gasteiger partial charge in [0.1, 0.15) is 0 Å². The lowest BCUT2D eigenvalue weighted by Crippen LogP contribution is -2.49. The van der Waals surface area contributed by atoms with Gasteiger partial charge in [0.05, 0.1) is 27.0 Å². The molecule has 0 aromatic heterocycles. The zero-order valence-electron chi connectivity index (χ0n) is 15.2. The van der Waals surface area contributed by atoms with E-state index >= 15 is 0 Å². The van der Waals surface area contributed by atoms with Gasteiger partial charge >= 0.3 is 6.03 Å². The largest absolute Gasteiger partial charge is 0.493 e. The van der Waals surface area contributed by atoms with E-state index in [-0.39, 0.29) is 11.6 Å². The van der Waals surface area contributed by atoms with Gasteiger partial charge in [0.2, 0.25) is 5.75 Å². The quantitative estimate of drug-likeness (QED) is 0.825. The second-order valence-electron chi connectivity index (χ2n) is 6.64. The van der Waals surface area contributed by atoms with Gasteiger partial charge in [0.15, 0.2) is 11.5 Å². The maximum Gasteiger partial charge on any atom is 0.319 e. The van der Waals surface area contributed by atoms with Crippen molar-refractivity contribution >= 4 is 11.7 Å². The summed E-state index contributed by atoms with van der Waals surface area (Å²) in [5.41, 5.74) is 0.756. The number of benzene rings is 1. The molecule has 2 amide bonds. The first-order chi connectivity index (χ1) is 12.1. The van der Waals surface area contributed by atoms with Crippen molar-refractivity contribution in [3.8, 4) is 17.2 Å². The molecule has 0 radical (unpaired) electrons. The third-order valence-electron chi connectivity index (χ3n) is 5.31. The van der Waals surface area contributed by atoms with Gasteiger partial charge in [0.25, 0.3) is 0 Å². The molecule has 2 heterocycles. The van der Waals surface area contributed by atoms with Crippen LogP contribution < -0.4 is 24.8 Å². The molecule has 0 atom stereocenters. The van der Waals surface area contributed by atoms with Crippen molar-refractivity contribution < 1.29 is 19.0 Å². The van der Waals surface area contributed by atoms with E-state index in [1.807, 2.05) is 0 Å². The first kappa shape index (κ1) is 17.7. The van der Waals surface area contributed by atoms with Crippen molar-refractivity contribution in [1.29, 1.82) is 0 Å². The number of nitrogens with one attached hydrogen (secondary N) is 2. The second-order valence-corrected chi connectivity index (χ2v) is 6.64. The summed E-state index contributed by atoms with van der Waals surface area (Å²) in [5.74, 6) is 1.52. The number of urea groups is 1. The number of rotatable bonds is 6. The van der Waals surface area contributed by atoms with Gasteiger partial charge in [-0.15, -0.1) is 0 Å². The summed E-state index contributed by atoms with van der Waals surface area (Å²) in [5, 5.41) is 5.89. The van der Waals surface area contributed by atoms with Crippen molar-refractivity contribution in [3.05, 3.63) is 12.1 Å². The summed E-state index contributed by atoms with van der Waals surface area (Å²) >= 11 is 0. The van der Waals surface area contributed by atoms with E-state index in [0.29, 0.717) is 29.5 Å². The van der Waals surface area contributed by atoms with Crippen LogP contribution in [0.2, 0.25) is 0 Å². The minimum Gasteiger partial charge on any atom is -0.493 e. The molecule has 0 bridgehead atoms. The number of anilines is 1. The van der Waals surface area contributed by atoms with Crippen LogP contribution in [-0.2, 0) is 0 Å². The van der Waals surface area contributed by atoms with Gasteiger partial charge in [-0.3, -0.25) is 4.90 Å². The van der Waals surface area contributed by atoms with E-state index < -0.39 is 0 Å². The smallest absolute Gasteiger partial charge is 0.319 e. The SMILES string of the molecule is COc1cc(NC(=O)NCC23CCCN2CCC3)cc(OC)c1OC. The highest BCUT2D eigenvalue weighted by Crippen LogP contribution is 2.40. The minimum absolute atomic E-state index is 0.159. The summed E-state index contributed by atoms with van der Waals surface area (Å²) in [7, 11) is 4.65. The molecule has 0 unspecified atom stereocenters. The number of carbonyl (C=O) groups excluding carboxylic acids is 1. The Hall–Kier alpha value is -2.15. The fraction of sp³-hybridized carbons (Fsp3) is 0.611. The average molecular weight is 349 g/mol. The van der Waals surface area contributed by atoms with Gasteiger partial charge in [-0.2, -0.15) is 0 Å². The maximum absolute atomic E-state index is 12.4. The number of amides is 2. The molecular weight excluding hydrogens is 322 g/mol. The minimum atomic E-state index is -0.220. The molecule has 25 heavy (non-hydrogen) atoms. The molecule has 2 fully saturated rings. The zero-order chi connectivity index (χ0) is 17.9. The Morgan fingerprint density at radius 1 is 1.08 bits per heavy atom. The highest BCUT2D eigenvalue weighted by Gasteiger charge is 2.44. The van der Waals surface area contributed by atoms with Crippen LogP contribution in [0.25, 0.3) is 0 Å². The van der Waals surface area contributed by atoms with E-state index in [1.165, 1.54) is 12.8 Å². The Bertz CT molecular complexity index is 600. The molecule has 7 nitrogen and oxygen atoms in total. The lowest BCUT2D eigenvalue weighted by molar-refractivity contribution is 0.189. The van der Waals surface area contributed by atoms with Crippen molar-refractivity contribution in [2.24, 2.45) is 0 Å².